The minimum Gasteiger partial charge on any atom is -0.380 e. The normalized spacial score (nSPS) is 26.1. The van der Waals surface area contributed by atoms with Gasteiger partial charge in [0.05, 0.1) is 31.6 Å². The van der Waals surface area contributed by atoms with Crippen molar-refractivity contribution in [1.29, 1.82) is 0 Å². The Morgan fingerprint density at radius 3 is 2.08 bits per heavy atom. The third-order valence-corrected chi connectivity index (χ3v) is 4.99. The fourth-order valence-corrected chi connectivity index (χ4v) is 3.19. The van der Waals surface area contributed by atoms with Gasteiger partial charge in [-0.2, -0.15) is 0 Å². The molecule has 0 bridgehead atoms. The van der Waals surface area contributed by atoms with Crippen molar-refractivity contribution in [3.8, 4) is 0 Å². The smallest absolute Gasteiger partial charge is 0.0998 e. The second-order valence-electron chi connectivity index (χ2n) is 10.3. The summed E-state index contributed by atoms with van der Waals surface area (Å²) in [4.78, 5) is 4.90. The molecule has 2 fully saturated rings. The molecule has 1 aliphatic heterocycles. The molecule has 2 rings (SSSR count). The Labute approximate surface area is 161 Å². The van der Waals surface area contributed by atoms with Gasteiger partial charge in [-0.1, -0.05) is 20.8 Å². The summed E-state index contributed by atoms with van der Waals surface area (Å²) in [6.45, 7) is 21.8. The molecule has 0 N–H and O–H groups in total. The number of nitrogens with zero attached hydrogens (tertiary/aromatic N) is 2. The third kappa shape index (κ3) is 9.14. The van der Waals surface area contributed by atoms with Gasteiger partial charge < -0.3 is 14.2 Å². The molecule has 1 aliphatic carbocycles. The van der Waals surface area contributed by atoms with Crippen LogP contribution in [-0.4, -0.2) is 80.8 Å². The van der Waals surface area contributed by atoms with Crippen LogP contribution in [0.5, 0.6) is 0 Å². The molecule has 0 atom stereocenters. The zero-order chi connectivity index (χ0) is 19.2. The highest BCUT2D eigenvalue weighted by Crippen LogP contribution is 2.31. The molecule has 0 unspecified atom stereocenters. The molecule has 2 aliphatic rings. The second-order valence-corrected chi connectivity index (χ2v) is 10.3. The van der Waals surface area contributed by atoms with E-state index in [1.165, 1.54) is 12.8 Å². The van der Waals surface area contributed by atoms with E-state index in [4.69, 9.17) is 14.2 Å². The summed E-state index contributed by atoms with van der Waals surface area (Å²) in [7, 11) is 0. The first-order valence-corrected chi connectivity index (χ1v) is 10.4. The predicted molar refractivity (Wildman–Crippen MR) is 106 cm³/mol. The lowest BCUT2D eigenvalue weighted by Gasteiger charge is -2.37. The number of rotatable bonds is 9. The monoisotopic (exact) mass is 370 g/mol. The average Bonchev–Trinajstić information content (AvgIpc) is 2.49. The number of hydrogen-bond donors (Lipinski definition) is 0. The van der Waals surface area contributed by atoms with E-state index in [1.54, 1.807) is 0 Å². The fourth-order valence-electron chi connectivity index (χ4n) is 3.19. The minimum absolute atomic E-state index is 0.0523. The standard InChI is InChI=1S/C21H42N2O3/c1-20(2,3)16-25-19-13-18(14-19)15-24-12-11-22-7-9-23(10-8-22)17-26-21(4,5)6/h18-19H,7-17H2,1-6H3. The lowest BCUT2D eigenvalue weighted by molar-refractivity contribution is -0.0814. The second kappa shape index (κ2) is 9.83. The van der Waals surface area contributed by atoms with Crippen molar-refractivity contribution in [2.45, 2.75) is 66.1 Å². The van der Waals surface area contributed by atoms with E-state index in [0.29, 0.717) is 12.0 Å². The van der Waals surface area contributed by atoms with E-state index in [2.05, 4.69) is 51.3 Å². The van der Waals surface area contributed by atoms with Gasteiger partial charge >= 0.3 is 0 Å². The van der Waals surface area contributed by atoms with Crippen molar-refractivity contribution in [2.75, 3.05) is 59.3 Å². The highest BCUT2D eigenvalue weighted by molar-refractivity contribution is 4.81. The van der Waals surface area contributed by atoms with Crippen LogP contribution in [0.25, 0.3) is 0 Å². The van der Waals surface area contributed by atoms with Gasteiger partial charge in [-0.15, -0.1) is 0 Å². The van der Waals surface area contributed by atoms with Crippen LogP contribution in [0, 0.1) is 11.3 Å². The van der Waals surface area contributed by atoms with Gasteiger partial charge in [-0.3, -0.25) is 9.80 Å². The highest BCUT2D eigenvalue weighted by Gasteiger charge is 2.31. The van der Waals surface area contributed by atoms with Gasteiger partial charge in [0.1, 0.15) is 0 Å². The maximum absolute atomic E-state index is 5.95. The molecular formula is C21H42N2O3. The molecule has 154 valence electrons. The molecule has 5 nitrogen and oxygen atoms in total. The summed E-state index contributed by atoms with van der Waals surface area (Å²) in [6.07, 6.45) is 2.80. The zero-order valence-corrected chi connectivity index (χ0v) is 18.1. The van der Waals surface area contributed by atoms with Crippen LogP contribution in [0.15, 0.2) is 0 Å². The number of hydrogen-bond acceptors (Lipinski definition) is 5. The molecule has 26 heavy (non-hydrogen) atoms. The van der Waals surface area contributed by atoms with Crippen LogP contribution in [0.4, 0.5) is 0 Å². The Hall–Kier alpha value is -0.200. The molecule has 0 aromatic rings. The van der Waals surface area contributed by atoms with E-state index in [-0.39, 0.29) is 11.0 Å². The molecule has 0 radical (unpaired) electrons. The van der Waals surface area contributed by atoms with E-state index in [1.807, 2.05) is 0 Å². The molecule has 0 aromatic heterocycles. The summed E-state index contributed by atoms with van der Waals surface area (Å²) >= 11 is 0. The van der Waals surface area contributed by atoms with Crippen molar-refractivity contribution >= 4 is 0 Å². The van der Waals surface area contributed by atoms with Gasteiger partial charge in [0.2, 0.25) is 0 Å². The Bertz CT molecular complexity index is 389. The van der Waals surface area contributed by atoms with E-state index >= 15 is 0 Å². The Morgan fingerprint density at radius 2 is 1.50 bits per heavy atom. The molecule has 0 amide bonds. The largest absolute Gasteiger partial charge is 0.380 e. The van der Waals surface area contributed by atoms with E-state index in [0.717, 1.165) is 59.3 Å². The summed E-state index contributed by atoms with van der Waals surface area (Å²) in [6, 6.07) is 0. The van der Waals surface area contributed by atoms with Gasteiger partial charge in [-0.05, 0) is 44.9 Å². The molecule has 0 aromatic carbocycles. The zero-order valence-electron chi connectivity index (χ0n) is 18.1. The van der Waals surface area contributed by atoms with E-state index in [9.17, 15) is 0 Å². The first kappa shape index (κ1) is 22.1. The van der Waals surface area contributed by atoms with Crippen LogP contribution in [0.2, 0.25) is 0 Å². The molecule has 1 heterocycles. The van der Waals surface area contributed by atoms with Crippen LogP contribution in [0.3, 0.4) is 0 Å². The van der Waals surface area contributed by atoms with Gasteiger partial charge in [0, 0.05) is 39.3 Å². The average molecular weight is 371 g/mol. The Balaban J connectivity index is 1.43. The highest BCUT2D eigenvalue weighted by atomic mass is 16.5. The lowest BCUT2D eigenvalue weighted by Crippen LogP contribution is -2.48. The fraction of sp³-hybridized carbons (Fsp3) is 1.00. The summed E-state index contributed by atoms with van der Waals surface area (Å²) < 4.78 is 17.7. The maximum atomic E-state index is 5.95. The molecule has 1 saturated carbocycles. The summed E-state index contributed by atoms with van der Waals surface area (Å²) in [5.74, 6) is 0.700. The van der Waals surface area contributed by atoms with Crippen LogP contribution in [0.1, 0.15) is 54.4 Å². The lowest BCUT2D eigenvalue weighted by atomic mass is 9.82. The Kier molecular flexibility index (Phi) is 8.35. The maximum Gasteiger partial charge on any atom is 0.0998 e. The van der Waals surface area contributed by atoms with E-state index < -0.39 is 0 Å². The Morgan fingerprint density at radius 1 is 0.885 bits per heavy atom. The van der Waals surface area contributed by atoms with Crippen molar-refractivity contribution in [1.82, 2.24) is 9.80 Å². The summed E-state index contributed by atoms with van der Waals surface area (Å²) in [5.41, 5.74) is 0.216. The van der Waals surface area contributed by atoms with Gasteiger partial charge in [0.15, 0.2) is 0 Å². The first-order chi connectivity index (χ1) is 12.1. The van der Waals surface area contributed by atoms with Crippen LogP contribution >= 0.6 is 0 Å². The predicted octanol–water partition coefficient (Wildman–Crippen LogP) is 3.23. The third-order valence-electron chi connectivity index (χ3n) is 4.99. The molecule has 5 heteroatoms. The minimum atomic E-state index is -0.0523. The SMILES string of the molecule is CC(C)(C)COC1CC(COCCN2CCN(COC(C)(C)C)CC2)C1. The molecule has 0 spiro atoms. The topological polar surface area (TPSA) is 34.2 Å². The van der Waals surface area contributed by atoms with Gasteiger partial charge in [0.25, 0.3) is 0 Å². The van der Waals surface area contributed by atoms with Crippen LogP contribution in [-0.2, 0) is 14.2 Å². The van der Waals surface area contributed by atoms with Gasteiger partial charge in [-0.25, -0.2) is 0 Å². The molecule has 1 saturated heterocycles. The quantitative estimate of drug-likeness (QED) is 0.582. The van der Waals surface area contributed by atoms with Crippen molar-refractivity contribution < 1.29 is 14.2 Å². The number of piperazine rings is 1. The molecular weight excluding hydrogens is 328 g/mol. The van der Waals surface area contributed by atoms with Crippen molar-refractivity contribution in [2.24, 2.45) is 11.3 Å². The number of ether oxygens (including phenoxy) is 3. The van der Waals surface area contributed by atoms with Crippen molar-refractivity contribution in [3.63, 3.8) is 0 Å². The van der Waals surface area contributed by atoms with Crippen molar-refractivity contribution in [3.05, 3.63) is 0 Å². The first-order valence-electron chi connectivity index (χ1n) is 10.4. The van der Waals surface area contributed by atoms with Crippen LogP contribution < -0.4 is 0 Å². The summed E-state index contributed by atoms with van der Waals surface area (Å²) in [5, 5.41) is 0.